The van der Waals surface area contributed by atoms with Gasteiger partial charge in [-0.1, -0.05) is 29.8 Å². The zero-order chi connectivity index (χ0) is 20.2. The number of hydrogen-bond donors (Lipinski definition) is 1. The number of pyridine rings is 1. The number of rotatable bonds is 6. The number of benzene rings is 1. The van der Waals surface area contributed by atoms with Gasteiger partial charge in [0.2, 0.25) is 0 Å². The highest BCUT2D eigenvalue weighted by Gasteiger charge is 2.15. The lowest BCUT2D eigenvalue weighted by Gasteiger charge is -2.05. The summed E-state index contributed by atoms with van der Waals surface area (Å²) in [6, 6.07) is 11.8. The monoisotopic (exact) mass is 388 g/mol. The minimum absolute atomic E-state index is 0.158. The number of nitrogens with zero attached hydrogens (tertiary/aromatic N) is 5. The van der Waals surface area contributed by atoms with Crippen molar-refractivity contribution < 1.29 is 4.79 Å². The second-order valence-corrected chi connectivity index (χ2v) is 6.70. The molecular formula is C21H20N6O2. The molecule has 0 aliphatic rings. The molecule has 146 valence electrons. The first kappa shape index (κ1) is 18.5. The Balaban J connectivity index is 1.57. The molecule has 0 fully saturated rings. The predicted molar refractivity (Wildman–Crippen MR) is 109 cm³/mol. The molecule has 0 bridgehead atoms. The largest absolute Gasteiger partial charge is 0.349 e. The molecule has 1 N–H and O–H groups in total. The number of carbonyl (C=O) groups is 1. The van der Waals surface area contributed by atoms with Crippen molar-refractivity contribution in [1.82, 2.24) is 29.4 Å². The molecule has 29 heavy (non-hydrogen) atoms. The van der Waals surface area contributed by atoms with Gasteiger partial charge in [-0.05, 0) is 24.6 Å². The van der Waals surface area contributed by atoms with Crippen LogP contribution in [0.25, 0.3) is 11.2 Å². The molecule has 1 amide bonds. The van der Waals surface area contributed by atoms with Crippen LogP contribution in [0, 0.1) is 6.92 Å². The van der Waals surface area contributed by atoms with Gasteiger partial charge in [-0.15, -0.1) is 0 Å². The Hall–Kier alpha value is -3.81. The van der Waals surface area contributed by atoms with Crippen molar-refractivity contribution in [3.05, 3.63) is 88.5 Å². The average molecular weight is 388 g/mol. The van der Waals surface area contributed by atoms with Crippen molar-refractivity contribution in [2.45, 2.75) is 20.0 Å². The molecule has 3 aromatic heterocycles. The predicted octanol–water partition coefficient (Wildman–Crippen LogP) is 1.77. The fourth-order valence-corrected chi connectivity index (χ4v) is 3.28. The zero-order valence-electron chi connectivity index (χ0n) is 15.9. The normalized spacial score (nSPS) is 10.9. The number of carbonyl (C=O) groups excluding carboxylic acids is 1. The maximum Gasteiger partial charge on any atom is 0.330 e. The summed E-state index contributed by atoms with van der Waals surface area (Å²) < 4.78 is 3.30. The third-order valence-corrected chi connectivity index (χ3v) is 4.61. The molecule has 8 nitrogen and oxygen atoms in total. The molecule has 4 aromatic rings. The summed E-state index contributed by atoms with van der Waals surface area (Å²) in [4.78, 5) is 37.5. The summed E-state index contributed by atoms with van der Waals surface area (Å²) in [6.07, 6.45) is 6.03. The van der Waals surface area contributed by atoms with E-state index in [1.54, 1.807) is 15.3 Å². The molecule has 0 atom stereocenters. The number of aromatic nitrogens is 5. The first-order valence-corrected chi connectivity index (χ1v) is 9.27. The number of hydrogen-bond acceptors (Lipinski definition) is 5. The van der Waals surface area contributed by atoms with E-state index in [0.717, 1.165) is 16.6 Å². The maximum atomic E-state index is 13.1. The first-order chi connectivity index (χ1) is 14.1. The van der Waals surface area contributed by atoms with E-state index in [1.807, 2.05) is 37.3 Å². The van der Waals surface area contributed by atoms with Gasteiger partial charge in [-0.2, -0.15) is 0 Å². The Morgan fingerprint density at radius 1 is 1.07 bits per heavy atom. The Morgan fingerprint density at radius 3 is 2.76 bits per heavy atom. The average Bonchev–Trinajstić information content (AvgIpc) is 3.00. The van der Waals surface area contributed by atoms with Crippen molar-refractivity contribution in [3.8, 4) is 0 Å². The van der Waals surface area contributed by atoms with Crippen LogP contribution in [0.2, 0.25) is 0 Å². The number of nitrogens with one attached hydrogen (secondary N) is 1. The summed E-state index contributed by atoms with van der Waals surface area (Å²) in [5.41, 5.74) is 3.63. The standard InChI is InChI=1S/C21H20N6O2/c1-15-4-2-5-16(12-15)14-27-18-6-3-7-24-19(18)26(21(27)29)11-10-25-20(28)17-13-22-8-9-23-17/h2-9,12-13H,10-11,14H2,1H3,(H,25,28). The maximum absolute atomic E-state index is 13.1. The third-order valence-electron chi connectivity index (χ3n) is 4.61. The van der Waals surface area contributed by atoms with Crippen molar-refractivity contribution in [2.75, 3.05) is 6.54 Å². The van der Waals surface area contributed by atoms with Crippen LogP contribution in [-0.4, -0.2) is 36.5 Å². The number of aryl methyl sites for hydroxylation is 1. The summed E-state index contributed by atoms with van der Waals surface area (Å²) in [5, 5.41) is 2.77. The van der Waals surface area contributed by atoms with Crippen LogP contribution in [0.4, 0.5) is 0 Å². The molecule has 0 unspecified atom stereocenters. The quantitative estimate of drug-likeness (QED) is 0.543. The van der Waals surface area contributed by atoms with Crippen molar-refractivity contribution in [3.63, 3.8) is 0 Å². The van der Waals surface area contributed by atoms with Crippen LogP contribution in [-0.2, 0) is 13.1 Å². The molecule has 0 saturated carbocycles. The molecule has 0 spiro atoms. The highest BCUT2D eigenvalue weighted by molar-refractivity contribution is 5.91. The second-order valence-electron chi connectivity index (χ2n) is 6.70. The van der Waals surface area contributed by atoms with Crippen LogP contribution in [0.3, 0.4) is 0 Å². The van der Waals surface area contributed by atoms with E-state index >= 15 is 0 Å². The van der Waals surface area contributed by atoms with Crippen molar-refractivity contribution >= 4 is 17.1 Å². The van der Waals surface area contributed by atoms with Gasteiger partial charge in [0.15, 0.2) is 5.65 Å². The fraction of sp³-hybridized carbons (Fsp3) is 0.190. The lowest BCUT2D eigenvalue weighted by atomic mass is 10.1. The van der Waals surface area contributed by atoms with Crippen LogP contribution in [0.1, 0.15) is 21.6 Å². The SMILES string of the molecule is Cc1cccc(Cn2c(=O)n(CCNC(=O)c3cnccn3)c3ncccc32)c1. The zero-order valence-corrected chi connectivity index (χ0v) is 15.9. The minimum Gasteiger partial charge on any atom is -0.349 e. The Kier molecular flexibility index (Phi) is 5.15. The van der Waals surface area contributed by atoms with Crippen LogP contribution >= 0.6 is 0 Å². The Bertz CT molecular complexity index is 1210. The fourth-order valence-electron chi connectivity index (χ4n) is 3.28. The minimum atomic E-state index is -0.331. The van der Waals surface area contributed by atoms with Gasteiger partial charge in [-0.3, -0.25) is 18.9 Å². The second kappa shape index (κ2) is 8.05. The van der Waals surface area contributed by atoms with Crippen molar-refractivity contribution in [1.29, 1.82) is 0 Å². The molecule has 4 rings (SSSR count). The third kappa shape index (κ3) is 3.91. The number of amides is 1. The van der Waals surface area contributed by atoms with Gasteiger partial charge >= 0.3 is 5.69 Å². The molecule has 0 aliphatic heterocycles. The van der Waals surface area contributed by atoms with E-state index in [-0.39, 0.29) is 23.8 Å². The van der Waals surface area contributed by atoms with E-state index < -0.39 is 0 Å². The van der Waals surface area contributed by atoms with Gasteiger partial charge in [0.05, 0.1) is 18.3 Å². The molecule has 3 heterocycles. The molecule has 0 aliphatic carbocycles. The van der Waals surface area contributed by atoms with E-state index in [0.29, 0.717) is 18.7 Å². The molecule has 1 aromatic carbocycles. The lowest BCUT2D eigenvalue weighted by Crippen LogP contribution is -2.32. The van der Waals surface area contributed by atoms with Gasteiger partial charge in [0, 0.05) is 31.7 Å². The number of imidazole rings is 1. The molecule has 0 saturated heterocycles. The van der Waals surface area contributed by atoms with Gasteiger partial charge in [0.1, 0.15) is 5.69 Å². The molecule has 0 radical (unpaired) electrons. The topological polar surface area (TPSA) is 94.7 Å². The highest BCUT2D eigenvalue weighted by atomic mass is 16.2. The van der Waals surface area contributed by atoms with Crippen LogP contribution < -0.4 is 11.0 Å². The summed E-state index contributed by atoms with van der Waals surface area (Å²) in [5.74, 6) is -0.331. The molecular weight excluding hydrogens is 368 g/mol. The smallest absolute Gasteiger partial charge is 0.330 e. The van der Waals surface area contributed by atoms with E-state index in [2.05, 4.69) is 26.3 Å². The van der Waals surface area contributed by atoms with Gasteiger partial charge in [-0.25, -0.2) is 14.8 Å². The Labute approximate surface area is 166 Å². The van der Waals surface area contributed by atoms with Gasteiger partial charge in [0.25, 0.3) is 5.91 Å². The molecule has 8 heteroatoms. The number of fused-ring (bicyclic) bond motifs is 1. The van der Waals surface area contributed by atoms with Crippen molar-refractivity contribution in [2.24, 2.45) is 0 Å². The summed E-state index contributed by atoms with van der Waals surface area (Å²) in [6.45, 7) is 3.06. The van der Waals surface area contributed by atoms with E-state index in [4.69, 9.17) is 0 Å². The lowest BCUT2D eigenvalue weighted by molar-refractivity contribution is 0.0947. The van der Waals surface area contributed by atoms with Gasteiger partial charge < -0.3 is 5.32 Å². The van der Waals surface area contributed by atoms with E-state index in [1.165, 1.54) is 18.6 Å². The Morgan fingerprint density at radius 2 is 1.97 bits per heavy atom. The summed E-state index contributed by atoms with van der Waals surface area (Å²) in [7, 11) is 0. The summed E-state index contributed by atoms with van der Waals surface area (Å²) >= 11 is 0. The van der Waals surface area contributed by atoms with Crippen LogP contribution in [0.5, 0.6) is 0 Å². The van der Waals surface area contributed by atoms with Crippen LogP contribution in [0.15, 0.2) is 66.0 Å². The highest BCUT2D eigenvalue weighted by Crippen LogP contribution is 2.13. The first-order valence-electron chi connectivity index (χ1n) is 9.27. The van der Waals surface area contributed by atoms with E-state index in [9.17, 15) is 9.59 Å².